The number of H-pyrrole nitrogens is 1. The average molecular weight is 394 g/mol. The Morgan fingerprint density at radius 3 is 2.52 bits per heavy atom. The van der Waals surface area contributed by atoms with Gasteiger partial charge in [-0.15, -0.1) is 0 Å². The van der Waals surface area contributed by atoms with Gasteiger partial charge in [-0.25, -0.2) is 13.1 Å². The van der Waals surface area contributed by atoms with Gasteiger partial charge in [0.05, 0.1) is 11.4 Å². The minimum atomic E-state index is -3.69. The van der Waals surface area contributed by atoms with Crippen molar-refractivity contribution in [3.8, 4) is 0 Å². The molecule has 0 spiro atoms. The van der Waals surface area contributed by atoms with E-state index >= 15 is 0 Å². The Morgan fingerprint density at radius 1 is 1.15 bits per heavy atom. The Labute approximate surface area is 156 Å². The quantitative estimate of drug-likeness (QED) is 0.760. The van der Waals surface area contributed by atoms with Crippen molar-refractivity contribution in [3.05, 3.63) is 39.6 Å². The zero-order valence-corrected chi connectivity index (χ0v) is 16.3. The van der Waals surface area contributed by atoms with Crippen LogP contribution in [0.3, 0.4) is 0 Å². The number of nitrogens with zero attached hydrogens (tertiary/aromatic N) is 5. The zero-order chi connectivity index (χ0) is 19.8. The van der Waals surface area contributed by atoms with Crippen molar-refractivity contribution in [3.63, 3.8) is 0 Å². The van der Waals surface area contributed by atoms with Gasteiger partial charge in [0.25, 0.3) is 11.5 Å². The lowest BCUT2D eigenvalue weighted by atomic mass is 10.3. The van der Waals surface area contributed by atoms with Crippen LogP contribution in [0.25, 0.3) is 0 Å². The molecule has 0 atom stereocenters. The molecule has 11 heteroatoms. The first kappa shape index (κ1) is 19.2. The Hall–Kier alpha value is -2.53. The standard InChI is InChI=1S/C16H22N6O4S/c1-11-15(12(2)18-17-11)27(25,26)22-8-4-7-21(9-10-22)16(24)13-5-6-14(23)20(3)19-13/h5-6H,4,7-10H2,1-3H3,(H,17,18). The van der Waals surface area contributed by atoms with Gasteiger partial charge in [0.2, 0.25) is 10.0 Å². The van der Waals surface area contributed by atoms with Crippen molar-refractivity contribution < 1.29 is 13.2 Å². The first-order chi connectivity index (χ1) is 12.7. The molecule has 0 unspecified atom stereocenters. The second-order valence-electron chi connectivity index (χ2n) is 6.49. The molecule has 1 fully saturated rings. The summed E-state index contributed by atoms with van der Waals surface area (Å²) in [5.74, 6) is -0.319. The van der Waals surface area contributed by atoms with Gasteiger partial charge in [-0.3, -0.25) is 14.7 Å². The smallest absolute Gasteiger partial charge is 0.274 e. The number of carbonyl (C=O) groups is 1. The van der Waals surface area contributed by atoms with E-state index < -0.39 is 10.0 Å². The van der Waals surface area contributed by atoms with E-state index in [1.54, 1.807) is 18.7 Å². The third kappa shape index (κ3) is 3.65. The number of amides is 1. The van der Waals surface area contributed by atoms with E-state index in [-0.39, 0.29) is 35.1 Å². The fraction of sp³-hybridized carbons (Fsp3) is 0.500. The van der Waals surface area contributed by atoms with Gasteiger partial charge in [0.15, 0.2) is 0 Å². The maximum atomic E-state index is 13.0. The summed E-state index contributed by atoms with van der Waals surface area (Å²) in [7, 11) is -2.21. The summed E-state index contributed by atoms with van der Waals surface area (Å²) < 4.78 is 28.5. The molecule has 1 N–H and O–H groups in total. The maximum absolute atomic E-state index is 13.0. The number of carbonyl (C=O) groups excluding carboxylic acids is 1. The van der Waals surface area contributed by atoms with Crippen LogP contribution in [0.1, 0.15) is 28.3 Å². The zero-order valence-electron chi connectivity index (χ0n) is 15.5. The molecule has 1 saturated heterocycles. The van der Waals surface area contributed by atoms with Gasteiger partial charge < -0.3 is 4.90 Å². The first-order valence-electron chi connectivity index (χ1n) is 8.57. The Balaban J connectivity index is 1.78. The molecule has 146 valence electrons. The van der Waals surface area contributed by atoms with Crippen LogP contribution in [-0.2, 0) is 17.1 Å². The van der Waals surface area contributed by atoms with Gasteiger partial charge in [0.1, 0.15) is 10.6 Å². The molecule has 1 aliphatic heterocycles. The lowest BCUT2D eigenvalue weighted by molar-refractivity contribution is 0.0755. The summed E-state index contributed by atoms with van der Waals surface area (Å²) in [6, 6.07) is 2.68. The van der Waals surface area contributed by atoms with Gasteiger partial charge in [-0.1, -0.05) is 0 Å². The number of aromatic nitrogens is 4. The molecule has 10 nitrogen and oxygen atoms in total. The monoisotopic (exact) mass is 394 g/mol. The normalized spacial score (nSPS) is 16.3. The predicted molar refractivity (Wildman–Crippen MR) is 96.8 cm³/mol. The molecule has 0 aromatic carbocycles. The van der Waals surface area contributed by atoms with Gasteiger partial charge in [0, 0.05) is 39.3 Å². The highest BCUT2D eigenvalue weighted by Crippen LogP contribution is 2.23. The Morgan fingerprint density at radius 2 is 1.89 bits per heavy atom. The highest BCUT2D eigenvalue weighted by atomic mass is 32.2. The van der Waals surface area contributed by atoms with Crippen molar-refractivity contribution in [2.45, 2.75) is 25.2 Å². The third-order valence-electron chi connectivity index (χ3n) is 4.58. The fourth-order valence-electron chi connectivity index (χ4n) is 3.17. The molecule has 27 heavy (non-hydrogen) atoms. The van der Waals surface area contributed by atoms with E-state index in [9.17, 15) is 18.0 Å². The summed E-state index contributed by atoms with van der Waals surface area (Å²) in [5.41, 5.74) is 0.790. The second-order valence-corrected chi connectivity index (χ2v) is 8.37. The van der Waals surface area contributed by atoms with Crippen LogP contribution in [0.5, 0.6) is 0 Å². The minimum Gasteiger partial charge on any atom is -0.336 e. The molecular weight excluding hydrogens is 372 g/mol. The molecule has 0 radical (unpaired) electrons. The van der Waals surface area contributed by atoms with Gasteiger partial charge in [-0.05, 0) is 26.3 Å². The molecule has 2 aromatic rings. The molecule has 3 heterocycles. The number of rotatable bonds is 3. The van der Waals surface area contributed by atoms with Crippen molar-refractivity contribution in [2.75, 3.05) is 26.2 Å². The summed E-state index contributed by atoms with van der Waals surface area (Å²) in [4.78, 5) is 25.9. The Bertz CT molecular complexity index is 1010. The lowest BCUT2D eigenvalue weighted by Gasteiger charge is -2.22. The van der Waals surface area contributed by atoms with Crippen LogP contribution in [-0.4, -0.2) is 69.7 Å². The van der Waals surface area contributed by atoms with Crippen molar-refractivity contribution in [1.82, 2.24) is 29.2 Å². The first-order valence-corrected chi connectivity index (χ1v) is 10.0. The maximum Gasteiger partial charge on any atom is 0.274 e. The van der Waals surface area contributed by atoms with Crippen molar-refractivity contribution in [1.29, 1.82) is 0 Å². The average Bonchev–Trinajstić information content (AvgIpc) is 2.83. The summed E-state index contributed by atoms with van der Waals surface area (Å²) in [6.45, 7) is 4.49. The van der Waals surface area contributed by atoms with Crippen LogP contribution in [0.15, 0.2) is 21.8 Å². The lowest BCUT2D eigenvalue weighted by Crippen LogP contribution is -2.38. The van der Waals surface area contributed by atoms with Crippen LogP contribution in [0, 0.1) is 13.8 Å². The number of hydrogen-bond acceptors (Lipinski definition) is 6. The van der Waals surface area contributed by atoms with E-state index in [0.717, 1.165) is 4.68 Å². The summed E-state index contributed by atoms with van der Waals surface area (Å²) >= 11 is 0. The Kier molecular flexibility index (Phi) is 5.16. The summed E-state index contributed by atoms with van der Waals surface area (Å²) in [6.07, 6.45) is 0.507. The van der Waals surface area contributed by atoms with Crippen LogP contribution in [0.4, 0.5) is 0 Å². The van der Waals surface area contributed by atoms with Gasteiger partial charge in [-0.2, -0.15) is 14.5 Å². The van der Waals surface area contributed by atoms with E-state index in [1.807, 2.05) is 0 Å². The number of sulfonamides is 1. The highest BCUT2D eigenvalue weighted by molar-refractivity contribution is 7.89. The van der Waals surface area contributed by atoms with E-state index in [1.165, 1.54) is 23.5 Å². The molecule has 0 saturated carbocycles. The van der Waals surface area contributed by atoms with Crippen LogP contribution >= 0.6 is 0 Å². The second kappa shape index (κ2) is 7.24. The van der Waals surface area contributed by atoms with Gasteiger partial charge >= 0.3 is 0 Å². The molecular formula is C16H22N6O4S. The molecule has 0 bridgehead atoms. The van der Waals surface area contributed by atoms with Crippen molar-refractivity contribution in [2.24, 2.45) is 7.05 Å². The number of nitrogens with one attached hydrogen (secondary N) is 1. The highest BCUT2D eigenvalue weighted by Gasteiger charge is 2.32. The number of hydrogen-bond donors (Lipinski definition) is 1. The molecule has 1 amide bonds. The van der Waals surface area contributed by atoms with E-state index in [4.69, 9.17) is 0 Å². The molecule has 3 rings (SSSR count). The molecule has 1 aliphatic rings. The number of aryl methyl sites for hydroxylation is 3. The van der Waals surface area contributed by atoms with Crippen LogP contribution < -0.4 is 5.56 Å². The molecule has 2 aromatic heterocycles. The minimum absolute atomic E-state index is 0.162. The predicted octanol–water partition coefficient (Wildman–Crippen LogP) is -0.343. The van der Waals surface area contributed by atoms with E-state index in [2.05, 4.69) is 15.3 Å². The topological polar surface area (TPSA) is 121 Å². The largest absolute Gasteiger partial charge is 0.336 e. The van der Waals surface area contributed by atoms with E-state index in [0.29, 0.717) is 30.9 Å². The number of aromatic amines is 1. The van der Waals surface area contributed by atoms with Crippen LogP contribution in [0.2, 0.25) is 0 Å². The van der Waals surface area contributed by atoms with Crippen molar-refractivity contribution >= 4 is 15.9 Å². The molecule has 0 aliphatic carbocycles. The summed E-state index contributed by atoms with van der Waals surface area (Å²) in [5, 5.41) is 10.6. The third-order valence-corrected chi connectivity index (χ3v) is 6.74. The fourth-order valence-corrected chi connectivity index (χ4v) is 4.97. The SMILES string of the molecule is Cc1n[nH]c(C)c1S(=O)(=O)N1CCCN(C(=O)c2ccc(=O)n(C)n2)CC1.